The van der Waals surface area contributed by atoms with Crippen LogP contribution in [0.2, 0.25) is 0 Å². The van der Waals surface area contributed by atoms with Crippen molar-refractivity contribution in [3.8, 4) is 0 Å². The molecule has 0 fully saturated rings. The van der Waals surface area contributed by atoms with Gasteiger partial charge in [-0.25, -0.2) is 0 Å². The van der Waals surface area contributed by atoms with Crippen LogP contribution in [0.1, 0.15) is 33.1 Å². The number of hydrogen-bond donors (Lipinski definition) is 3. The van der Waals surface area contributed by atoms with Gasteiger partial charge in [-0.2, -0.15) is 0 Å². The SMILES string of the molecule is CN(C)C(C)(C)CNCCCCC(N)=NO. The van der Waals surface area contributed by atoms with E-state index >= 15 is 0 Å². The van der Waals surface area contributed by atoms with E-state index in [0.717, 1.165) is 25.9 Å². The highest BCUT2D eigenvalue weighted by atomic mass is 16.4. The Balaban J connectivity index is 3.47. The standard InChI is InChI=1S/C11H26N4O/c1-11(2,15(3)4)9-13-8-6-5-7-10(12)14-16/h13,16H,5-9H2,1-4H3,(H2,12,14). The first-order valence-electron chi connectivity index (χ1n) is 5.74. The van der Waals surface area contributed by atoms with Gasteiger partial charge in [-0.05, 0) is 47.3 Å². The Bertz CT molecular complexity index is 214. The minimum atomic E-state index is 0.172. The molecule has 5 nitrogen and oxygen atoms in total. The molecule has 0 aromatic heterocycles. The minimum absolute atomic E-state index is 0.172. The van der Waals surface area contributed by atoms with Crippen LogP contribution in [0, 0.1) is 0 Å². The summed E-state index contributed by atoms with van der Waals surface area (Å²) < 4.78 is 0. The van der Waals surface area contributed by atoms with Crippen molar-refractivity contribution >= 4 is 5.84 Å². The third kappa shape index (κ3) is 6.63. The van der Waals surface area contributed by atoms with Gasteiger partial charge in [-0.1, -0.05) is 5.16 Å². The second-order valence-corrected chi connectivity index (χ2v) is 4.93. The molecule has 0 bridgehead atoms. The second kappa shape index (κ2) is 7.46. The van der Waals surface area contributed by atoms with Crippen LogP contribution in [0.3, 0.4) is 0 Å². The average Bonchev–Trinajstić information content (AvgIpc) is 2.22. The molecule has 0 unspecified atom stereocenters. The molecule has 0 radical (unpaired) electrons. The molecule has 5 heteroatoms. The first-order valence-corrected chi connectivity index (χ1v) is 5.74. The molecule has 96 valence electrons. The summed E-state index contributed by atoms with van der Waals surface area (Å²) in [5, 5.41) is 14.7. The van der Waals surface area contributed by atoms with Gasteiger partial charge in [-0.3, -0.25) is 0 Å². The van der Waals surface area contributed by atoms with Crippen LogP contribution in [0.15, 0.2) is 5.16 Å². The van der Waals surface area contributed by atoms with E-state index in [0.29, 0.717) is 12.3 Å². The summed E-state index contributed by atoms with van der Waals surface area (Å²) in [5.74, 6) is 0.314. The smallest absolute Gasteiger partial charge is 0.139 e. The summed E-state index contributed by atoms with van der Waals surface area (Å²) in [6.07, 6.45) is 2.65. The molecule has 0 aliphatic rings. The van der Waals surface area contributed by atoms with Gasteiger partial charge >= 0.3 is 0 Å². The molecule has 0 aromatic carbocycles. The average molecular weight is 230 g/mol. The number of hydrogen-bond acceptors (Lipinski definition) is 4. The second-order valence-electron chi connectivity index (χ2n) is 4.93. The maximum Gasteiger partial charge on any atom is 0.139 e. The monoisotopic (exact) mass is 230 g/mol. The summed E-state index contributed by atoms with van der Waals surface area (Å²) in [6.45, 7) is 6.34. The lowest BCUT2D eigenvalue weighted by molar-refractivity contribution is 0.190. The third-order valence-electron chi connectivity index (χ3n) is 2.93. The molecular formula is C11H26N4O. The summed E-state index contributed by atoms with van der Waals surface area (Å²) in [7, 11) is 4.17. The molecule has 0 aliphatic carbocycles. The molecule has 0 atom stereocenters. The molecular weight excluding hydrogens is 204 g/mol. The number of rotatable bonds is 8. The fourth-order valence-electron chi connectivity index (χ4n) is 1.16. The normalized spacial score (nSPS) is 13.4. The molecule has 0 amide bonds. The predicted molar refractivity (Wildman–Crippen MR) is 67.9 cm³/mol. The molecule has 0 heterocycles. The Morgan fingerprint density at radius 3 is 2.50 bits per heavy atom. The third-order valence-corrected chi connectivity index (χ3v) is 2.93. The lowest BCUT2D eigenvalue weighted by Crippen LogP contribution is -2.46. The van der Waals surface area contributed by atoms with Crippen molar-refractivity contribution in [3.05, 3.63) is 0 Å². The van der Waals surface area contributed by atoms with Crippen molar-refractivity contribution < 1.29 is 5.21 Å². The predicted octanol–water partition coefficient (Wildman–Crippen LogP) is 0.833. The molecule has 0 spiro atoms. The number of nitrogens with zero attached hydrogens (tertiary/aromatic N) is 2. The van der Waals surface area contributed by atoms with Gasteiger partial charge in [0.1, 0.15) is 5.84 Å². The molecule has 0 saturated carbocycles. The minimum Gasteiger partial charge on any atom is -0.409 e. The van der Waals surface area contributed by atoms with Crippen LogP contribution in [0.4, 0.5) is 0 Å². The summed E-state index contributed by atoms with van der Waals surface area (Å²) in [4.78, 5) is 2.20. The number of likely N-dealkylation sites (N-methyl/N-ethyl adjacent to an activating group) is 1. The van der Waals surface area contributed by atoms with E-state index in [-0.39, 0.29) is 5.54 Å². The van der Waals surface area contributed by atoms with E-state index in [1.165, 1.54) is 0 Å². The quantitative estimate of drug-likeness (QED) is 0.190. The number of nitrogens with one attached hydrogen (secondary N) is 1. The van der Waals surface area contributed by atoms with Crippen molar-refractivity contribution in [2.45, 2.75) is 38.6 Å². The zero-order valence-corrected chi connectivity index (χ0v) is 11.0. The van der Waals surface area contributed by atoms with Crippen LogP contribution in [0.5, 0.6) is 0 Å². The first-order chi connectivity index (χ1) is 7.40. The van der Waals surface area contributed by atoms with Crippen molar-refractivity contribution in [3.63, 3.8) is 0 Å². The Morgan fingerprint density at radius 1 is 1.38 bits per heavy atom. The van der Waals surface area contributed by atoms with Crippen molar-refractivity contribution in [2.75, 3.05) is 27.2 Å². The van der Waals surface area contributed by atoms with E-state index in [1.807, 2.05) is 0 Å². The van der Waals surface area contributed by atoms with Gasteiger partial charge in [0.2, 0.25) is 0 Å². The van der Waals surface area contributed by atoms with Crippen LogP contribution in [-0.2, 0) is 0 Å². The first kappa shape index (κ1) is 15.2. The maximum atomic E-state index is 8.35. The van der Waals surface area contributed by atoms with Gasteiger partial charge in [-0.15, -0.1) is 0 Å². The number of oxime groups is 1. The van der Waals surface area contributed by atoms with E-state index in [4.69, 9.17) is 10.9 Å². The lowest BCUT2D eigenvalue weighted by atomic mass is 10.0. The lowest BCUT2D eigenvalue weighted by Gasteiger charge is -2.32. The number of amidine groups is 1. The Kier molecular flexibility index (Phi) is 7.08. The topological polar surface area (TPSA) is 73.9 Å². The van der Waals surface area contributed by atoms with Gasteiger partial charge in [0.05, 0.1) is 0 Å². The highest BCUT2D eigenvalue weighted by Gasteiger charge is 2.18. The van der Waals surface area contributed by atoms with Gasteiger partial charge in [0.15, 0.2) is 0 Å². The zero-order chi connectivity index (χ0) is 12.6. The molecule has 0 rings (SSSR count). The van der Waals surface area contributed by atoms with Crippen LogP contribution in [0.25, 0.3) is 0 Å². The largest absolute Gasteiger partial charge is 0.409 e. The summed E-state index contributed by atoms with van der Waals surface area (Å²) in [5.41, 5.74) is 5.54. The fraction of sp³-hybridized carbons (Fsp3) is 0.909. The Morgan fingerprint density at radius 2 is 2.00 bits per heavy atom. The Hall–Kier alpha value is -0.810. The molecule has 4 N–H and O–H groups in total. The van der Waals surface area contributed by atoms with Crippen molar-refractivity contribution in [2.24, 2.45) is 10.9 Å². The zero-order valence-electron chi connectivity index (χ0n) is 11.0. The fourth-order valence-corrected chi connectivity index (χ4v) is 1.16. The summed E-state index contributed by atoms with van der Waals surface area (Å²) in [6, 6.07) is 0. The Labute approximate surface area is 98.7 Å². The molecule has 16 heavy (non-hydrogen) atoms. The van der Waals surface area contributed by atoms with E-state index < -0.39 is 0 Å². The highest BCUT2D eigenvalue weighted by Crippen LogP contribution is 2.07. The molecule has 0 saturated heterocycles. The van der Waals surface area contributed by atoms with E-state index in [9.17, 15) is 0 Å². The summed E-state index contributed by atoms with van der Waals surface area (Å²) >= 11 is 0. The van der Waals surface area contributed by atoms with Crippen LogP contribution >= 0.6 is 0 Å². The van der Waals surface area contributed by atoms with E-state index in [1.54, 1.807) is 0 Å². The van der Waals surface area contributed by atoms with E-state index in [2.05, 4.69) is 43.3 Å². The van der Waals surface area contributed by atoms with Gasteiger partial charge in [0.25, 0.3) is 0 Å². The van der Waals surface area contributed by atoms with Crippen LogP contribution < -0.4 is 11.1 Å². The molecule has 0 aliphatic heterocycles. The molecule has 0 aromatic rings. The maximum absolute atomic E-state index is 8.35. The van der Waals surface area contributed by atoms with Crippen molar-refractivity contribution in [1.29, 1.82) is 0 Å². The van der Waals surface area contributed by atoms with Gasteiger partial charge < -0.3 is 21.2 Å². The number of unbranched alkanes of at least 4 members (excludes halogenated alkanes) is 1. The van der Waals surface area contributed by atoms with Crippen molar-refractivity contribution in [1.82, 2.24) is 10.2 Å². The number of nitrogens with two attached hydrogens (primary N) is 1. The highest BCUT2D eigenvalue weighted by molar-refractivity contribution is 5.79. The van der Waals surface area contributed by atoms with Crippen LogP contribution in [-0.4, -0.2) is 48.7 Å². The van der Waals surface area contributed by atoms with Gasteiger partial charge in [0, 0.05) is 18.5 Å².